The second-order valence-electron chi connectivity index (χ2n) is 6.20. The second-order valence-corrected chi connectivity index (χ2v) is 7.11. The van der Waals surface area contributed by atoms with Crippen molar-refractivity contribution < 1.29 is 9.59 Å². The lowest BCUT2D eigenvalue weighted by molar-refractivity contribution is -0.114. The van der Waals surface area contributed by atoms with Gasteiger partial charge in [0.15, 0.2) is 0 Å². The fourth-order valence-corrected chi connectivity index (χ4v) is 3.01. The molecule has 0 fully saturated rings. The summed E-state index contributed by atoms with van der Waals surface area (Å²) in [5.74, 6) is -0.367. The Hall–Kier alpha value is -2.93. The number of benzene rings is 2. The zero-order valence-electron chi connectivity index (χ0n) is 15.2. The zero-order chi connectivity index (χ0) is 19.6. The van der Waals surface area contributed by atoms with Crippen molar-refractivity contribution in [2.45, 2.75) is 20.8 Å². The Labute approximate surface area is 165 Å². The largest absolute Gasteiger partial charge is 0.326 e. The predicted molar refractivity (Wildman–Crippen MR) is 109 cm³/mol. The van der Waals surface area contributed by atoms with E-state index in [-0.39, 0.29) is 11.8 Å². The number of hydrogen-bond acceptors (Lipinski definition) is 3. The Balaban J connectivity index is 1.80. The summed E-state index contributed by atoms with van der Waals surface area (Å²) >= 11 is 3.41. The topological polar surface area (TPSA) is 76.0 Å². The highest BCUT2D eigenvalue weighted by Gasteiger charge is 2.16. The van der Waals surface area contributed by atoms with Crippen molar-refractivity contribution in [1.82, 2.24) is 9.78 Å². The fourth-order valence-electron chi connectivity index (χ4n) is 2.74. The molecule has 3 aromatic rings. The van der Waals surface area contributed by atoms with Gasteiger partial charge in [0.1, 0.15) is 0 Å². The van der Waals surface area contributed by atoms with Gasteiger partial charge in [-0.15, -0.1) is 0 Å². The molecule has 0 saturated heterocycles. The molecule has 3 rings (SSSR count). The van der Waals surface area contributed by atoms with Crippen molar-refractivity contribution in [3.8, 4) is 5.69 Å². The van der Waals surface area contributed by atoms with Crippen LogP contribution < -0.4 is 10.6 Å². The number of halogens is 1. The zero-order valence-corrected chi connectivity index (χ0v) is 16.8. The van der Waals surface area contributed by atoms with Crippen LogP contribution in [-0.4, -0.2) is 21.6 Å². The van der Waals surface area contributed by atoms with Crippen molar-refractivity contribution in [1.29, 1.82) is 0 Å². The van der Waals surface area contributed by atoms with E-state index in [2.05, 4.69) is 31.7 Å². The number of carbonyl (C=O) groups excluding carboxylic acids is 2. The van der Waals surface area contributed by atoms with E-state index in [0.29, 0.717) is 11.3 Å². The van der Waals surface area contributed by atoms with Crippen LogP contribution >= 0.6 is 15.9 Å². The van der Waals surface area contributed by atoms with Gasteiger partial charge in [0.05, 0.1) is 23.1 Å². The van der Waals surface area contributed by atoms with Gasteiger partial charge in [0, 0.05) is 22.8 Å². The Bertz CT molecular complexity index is 1010. The fraction of sp³-hybridized carbons (Fsp3) is 0.150. The van der Waals surface area contributed by atoms with Gasteiger partial charge in [-0.1, -0.05) is 15.9 Å². The molecule has 2 N–H and O–H groups in total. The van der Waals surface area contributed by atoms with Crippen molar-refractivity contribution in [2.24, 2.45) is 0 Å². The Morgan fingerprint density at radius 1 is 1.04 bits per heavy atom. The molecule has 27 heavy (non-hydrogen) atoms. The Kier molecular flexibility index (Phi) is 5.41. The average molecular weight is 427 g/mol. The quantitative estimate of drug-likeness (QED) is 0.646. The maximum Gasteiger partial charge on any atom is 0.259 e. The molecule has 0 aliphatic rings. The van der Waals surface area contributed by atoms with E-state index in [9.17, 15) is 9.59 Å². The van der Waals surface area contributed by atoms with Gasteiger partial charge < -0.3 is 10.6 Å². The van der Waals surface area contributed by atoms with E-state index in [1.54, 1.807) is 23.0 Å². The van der Waals surface area contributed by atoms with Crippen molar-refractivity contribution in [3.63, 3.8) is 0 Å². The summed E-state index contributed by atoms with van der Waals surface area (Å²) in [7, 11) is 0. The van der Waals surface area contributed by atoms with Crippen LogP contribution in [0.5, 0.6) is 0 Å². The van der Waals surface area contributed by atoms with Gasteiger partial charge in [-0.05, 0) is 61.9 Å². The standard InChI is InChI=1S/C20H19BrN4O2/c1-12-10-16(6-9-19(12)23-14(3)26)24-20(27)18-11-22-25(13(18)2)17-7-4-15(21)5-8-17/h4-11H,1-3H3,(H,23,26)(H,24,27). The highest BCUT2D eigenvalue weighted by atomic mass is 79.9. The number of carbonyl (C=O) groups is 2. The monoisotopic (exact) mass is 426 g/mol. The summed E-state index contributed by atoms with van der Waals surface area (Å²) in [6, 6.07) is 13.0. The van der Waals surface area contributed by atoms with Gasteiger partial charge in [0.25, 0.3) is 5.91 Å². The third kappa shape index (κ3) is 4.25. The van der Waals surface area contributed by atoms with Crippen LogP contribution in [0.4, 0.5) is 11.4 Å². The van der Waals surface area contributed by atoms with E-state index in [1.807, 2.05) is 44.2 Å². The van der Waals surface area contributed by atoms with E-state index in [1.165, 1.54) is 6.92 Å². The molecule has 2 aromatic carbocycles. The molecule has 1 aromatic heterocycles. The van der Waals surface area contributed by atoms with Crippen LogP contribution in [0.3, 0.4) is 0 Å². The average Bonchev–Trinajstić information content (AvgIpc) is 2.99. The molecular formula is C20H19BrN4O2. The summed E-state index contributed by atoms with van der Waals surface area (Å²) in [6.07, 6.45) is 1.56. The van der Waals surface area contributed by atoms with E-state index < -0.39 is 0 Å². The first-order valence-electron chi connectivity index (χ1n) is 8.35. The van der Waals surface area contributed by atoms with Gasteiger partial charge >= 0.3 is 0 Å². The Morgan fingerprint density at radius 2 is 1.74 bits per heavy atom. The number of amides is 2. The maximum atomic E-state index is 12.7. The van der Waals surface area contributed by atoms with Crippen LogP contribution in [0.15, 0.2) is 53.1 Å². The lowest BCUT2D eigenvalue weighted by Crippen LogP contribution is -2.14. The Morgan fingerprint density at radius 3 is 2.37 bits per heavy atom. The summed E-state index contributed by atoms with van der Waals surface area (Å²) in [5, 5.41) is 9.97. The minimum Gasteiger partial charge on any atom is -0.326 e. The highest BCUT2D eigenvalue weighted by molar-refractivity contribution is 9.10. The molecule has 0 aliphatic heterocycles. The number of nitrogens with zero attached hydrogens (tertiary/aromatic N) is 2. The minimum absolute atomic E-state index is 0.133. The molecule has 7 heteroatoms. The van der Waals surface area contributed by atoms with Crippen LogP contribution in [-0.2, 0) is 4.79 Å². The number of nitrogens with one attached hydrogen (secondary N) is 2. The molecule has 2 amide bonds. The summed E-state index contributed by atoms with van der Waals surface area (Å²) in [4.78, 5) is 23.9. The number of anilines is 2. The number of aryl methyl sites for hydroxylation is 1. The second kappa shape index (κ2) is 7.75. The third-order valence-corrected chi connectivity index (χ3v) is 4.65. The van der Waals surface area contributed by atoms with E-state index >= 15 is 0 Å². The van der Waals surface area contributed by atoms with Crippen molar-refractivity contribution >= 4 is 39.1 Å². The first kappa shape index (κ1) is 18.8. The first-order valence-corrected chi connectivity index (χ1v) is 9.14. The van der Waals surface area contributed by atoms with Gasteiger partial charge in [-0.2, -0.15) is 5.10 Å². The predicted octanol–water partition coefficient (Wildman–Crippen LogP) is 4.46. The molecule has 0 atom stereocenters. The molecule has 0 unspecified atom stereocenters. The molecule has 138 valence electrons. The minimum atomic E-state index is -0.234. The van der Waals surface area contributed by atoms with Crippen molar-refractivity contribution in [3.05, 3.63) is 70.0 Å². The lowest BCUT2D eigenvalue weighted by atomic mass is 10.1. The lowest BCUT2D eigenvalue weighted by Gasteiger charge is -2.10. The van der Waals surface area contributed by atoms with Crippen molar-refractivity contribution in [2.75, 3.05) is 10.6 Å². The molecular weight excluding hydrogens is 408 g/mol. The smallest absolute Gasteiger partial charge is 0.259 e. The number of aromatic nitrogens is 2. The molecule has 0 saturated carbocycles. The molecule has 0 aliphatic carbocycles. The van der Waals surface area contributed by atoms with Gasteiger partial charge in [0.2, 0.25) is 5.91 Å². The molecule has 0 spiro atoms. The SMILES string of the molecule is CC(=O)Nc1ccc(NC(=O)c2cnn(-c3ccc(Br)cc3)c2C)cc1C. The molecule has 0 radical (unpaired) electrons. The van der Waals surface area contributed by atoms with E-state index in [4.69, 9.17) is 0 Å². The summed E-state index contributed by atoms with van der Waals surface area (Å²) in [6.45, 7) is 5.19. The number of rotatable bonds is 4. The maximum absolute atomic E-state index is 12.7. The van der Waals surface area contributed by atoms with Gasteiger partial charge in [-0.3, -0.25) is 9.59 Å². The van der Waals surface area contributed by atoms with Crippen LogP contribution in [0.2, 0.25) is 0 Å². The molecule has 0 bridgehead atoms. The summed E-state index contributed by atoms with van der Waals surface area (Å²) in [5.41, 5.74) is 4.38. The van der Waals surface area contributed by atoms with Gasteiger partial charge in [-0.25, -0.2) is 4.68 Å². The summed E-state index contributed by atoms with van der Waals surface area (Å²) < 4.78 is 2.71. The van der Waals surface area contributed by atoms with E-state index in [0.717, 1.165) is 27.1 Å². The highest BCUT2D eigenvalue weighted by Crippen LogP contribution is 2.22. The van der Waals surface area contributed by atoms with Crippen LogP contribution in [0.25, 0.3) is 5.69 Å². The molecule has 6 nitrogen and oxygen atoms in total. The van der Waals surface area contributed by atoms with Crippen LogP contribution in [0.1, 0.15) is 28.5 Å². The van der Waals surface area contributed by atoms with Crippen LogP contribution in [0, 0.1) is 13.8 Å². The number of hydrogen-bond donors (Lipinski definition) is 2. The first-order chi connectivity index (χ1) is 12.8. The normalized spacial score (nSPS) is 10.5. The third-order valence-electron chi connectivity index (χ3n) is 4.12. The molecule has 1 heterocycles.